The van der Waals surface area contributed by atoms with Crippen LogP contribution in [-0.2, 0) is 14.8 Å². The molecule has 2 N–H and O–H groups in total. The maximum atomic E-state index is 12.6. The van der Waals surface area contributed by atoms with E-state index in [0.29, 0.717) is 0 Å². The zero-order valence-corrected chi connectivity index (χ0v) is 15.6. The molecule has 0 aromatic heterocycles. The number of halogens is 4. The van der Waals surface area contributed by atoms with E-state index in [9.17, 15) is 26.4 Å². The topological polar surface area (TPSA) is 93.7 Å². The molecule has 7 nitrogen and oxygen atoms in total. The van der Waals surface area contributed by atoms with Crippen LogP contribution in [0.2, 0.25) is 5.02 Å². The third-order valence-electron chi connectivity index (χ3n) is 3.59. The van der Waals surface area contributed by atoms with Crippen LogP contribution in [0.3, 0.4) is 0 Å². The summed E-state index contributed by atoms with van der Waals surface area (Å²) < 4.78 is 73.1. The maximum Gasteiger partial charge on any atom is 0.573 e. The highest BCUT2D eigenvalue weighted by Crippen LogP contribution is 2.37. The van der Waals surface area contributed by atoms with Crippen molar-refractivity contribution in [3.63, 3.8) is 0 Å². The van der Waals surface area contributed by atoms with Crippen molar-refractivity contribution in [3.8, 4) is 11.5 Å². The molecule has 1 unspecified atom stereocenters. The summed E-state index contributed by atoms with van der Waals surface area (Å²) in [7, 11) is -4.19. The van der Waals surface area contributed by atoms with Crippen LogP contribution < -0.4 is 19.5 Å². The second kappa shape index (κ2) is 7.06. The minimum absolute atomic E-state index is 0.00842. The number of amides is 1. The van der Waals surface area contributed by atoms with Crippen LogP contribution in [-0.4, -0.2) is 26.8 Å². The zero-order chi connectivity index (χ0) is 20.7. The van der Waals surface area contributed by atoms with Crippen LogP contribution in [0.15, 0.2) is 41.3 Å². The monoisotopic (exact) mass is 436 g/mol. The number of sulfonamides is 1. The molecule has 1 atom stereocenters. The van der Waals surface area contributed by atoms with Gasteiger partial charge < -0.3 is 14.8 Å². The van der Waals surface area contributed by atoms with E-state index in [1.807, 2.05) is 0 Å². The molecular weight excluding hydrogens is 425 g/mol. The van der Waals surface area contributed by atoms with Gasteiger partial charge in [-0.1, -0.05) is 11.6 Å². The Morgan fingerprint density at radius 3 is 2.46 bits per heavy atom. The fourth-order valence-electron chi connectivity index (χ4n) is 2.35. The molecule has 0 saturated heterocycles. The summed E-state index contributed by atoms with van der Waals surface area (Å²) in [4.78, 5) is 11.3. The first-order valence-electron chi connectivity index (χ1n) is 7.64. The number of benzene rings is 2. The molecule has 1 amide bonds. The highest BCUT2D eigenvalue weighted by Gasteiger charge is 2.31. The lowest BCUT2D eigenvalue weighted by Gasteiger charge is -2.24. The Morgan fingerprint density at radius 2 is 1.86 bits per heavy atom. The standard InChI is InChI=1S/C16H12ClF3N2O5S/c1-8-15(23)21-12-6-11(17)14(7-13(12)26-8)28(24,25)22-9-2-4-10(5-3-9)27-16(18,19)20/h2-8,22H,1H3,(H,21,23). The third kappa shape index (κ3) is 4.42. The molecule has 150 valence electrons. The second-order valence-electron chi connectivity index (χ2n) is 5.71. The summed E-state index contributed by atoms with van der Waals surface area (Å²) >= 11 is 6.02. The van der Waals surface area contributed by atoms with Crippen molar-refractivity contribution in [1.82, 2.24) is 0 Å². The van der Waals surface area contributed by atoms with Crippen LogP contribution in [0.4, 0.5) is 24.5 Å². The van der Waals surface area contributed by atoms with Crippen LogP contribution in [0.5, 0.6) is 11.5 Å². The molecule has 1 heterocycles. The molecule has 2 aromatic carbocycles. The van der Waals surface area contributed by atoms with Gasteiger partial charge in [0.2, 0.25) is 0 Å². The second-order valence-corrected chi connectivity index (χ2v) is 7.76. The number of carbonyl (C=O) groups is 1. The number of ether oxygens (including phenoxy) is 2. The fraction of sp³-hybridized carbons (Fsp3) is 0.188. The highest BCUT2D eigenvalue weighted by atomic mass is 35.5. The number of fused-ring (bicyclic) bond motifs is 1. The summed E-state index contributed by atoms with van der Waals surface area (Å²) in [5.41, 5.74) is 0.214. The van der Waals surface area contributed by atoms with Gasteiger partial charge in [0.25, 0.3) is 15.9 Å². The van der Waals surface area contributed by atoms with Gasteiger partial charge in [0, 0.05) is 11.8 Å². The van der Waals surface area contributed by atoms with Gasteiger partial charge in [0.15, 0.2) is 6.10 Å². The molecule has 0 bridgehead atoms. The third-order valence-corrected chi connectivity index (χ3v) is 5.44. The van der Waals surface area contributed by atoms with Crippen molar-refractivity contribution in [3.05, 3.63) is 41.4 Å². The number of rotatable bonds is 4. The maximum absolute atomic E-state index is 12.6. The number of hydrogen-bond acceptors (Lipinski definition) is 5. The average molecular weight is 437 g/mol. The van der Waals surface area contributed by atoms with Gasteiger partial charge in [-0.05, 0) is 37.3 Å². The van der Waals surface area contributed by atoms with Crippen LogP contribution in [0.1, 0.15) is 6.92 Å². The lowest BCUT2D eigenvalue weighted by Crippen LogP contribution is -2.34. The Hall–Kier alpha value is -2.66. The highest BCUT2D eigenvalue weighted by molar-refractivity contribution is 7.92. The van der Waals surface area contributed by atoms with E-state index in [-0.39, 0.29) is 27.0 Å². The normalized spacial score (nSPS) is 16.6. The first-order chi connectivity index (χ1) is 12.9. The largest absolute Gasteiger partial charge is 0.573 e. The molecular formula is C16H12ClF3N2O5S. The minimum atomic E-state index is -4.86. The van der Waals surface area contributed by atoms with Crippen molar-refractivity contribution < 1.29 is 35.9 Å². The number of carbonyl (C=O) groups excluding carboxylic acids is 1. The molecule has 12 heteroatoms. The molecule has 0 fully saturated rings. The molecule has 0 spiro atoms. The smallest absolute Gasteiger partial charge is 0.479 e. The predicted octanol–water partition coefficient (Wildman–Crippen LogP) is 3.76. The van der Waals surface area contributed by atoms with E-state index < -0.39 is 34.1 Å². The van der Waals surface area contributed by atoms with Crippen molar-refractivity contribution in [2.45, 2.75) is 24.3 Å². The van der Waals surface area contributed by atoms with Gasteiger partial charge in [0.05, 0.1) is 10.7 Å². The summed E-state index contributed by atoms with van der Waals surface area (Å²) in [6.07, 6.45) is -5.68. The van der Waals surface area contributed by atoms with Crippen LogP contribution in [0.25, 0.3) is 0 Å². The lowest BCUT2D eigenvalue weighted by atomic mass is 10.2. The zero-order valence-electron chi connectivity index (χ0n) is 14.0. The Bertz CT molecular complexity index is 1030. The fourth-order valence-corrected chi connectivity index (χ4v) is 3.95. The van der Waals surface area contributed by atoms with E-state index in [0.717, 1.165) is 30.3 Å². The first-order valence-corrected chi connectivity index (χ1v) is 9.50. The Kier molecular flexibility index (Phi) is 5.06. The quantitative estimate of drug-likeness (QED) is 0.761. The molecule has 1 aliphatic heterocycles. The van der Waals surface area contributed by atoms with Gasteiger partial charge in [-0.25, -0.2) is 8.42 Å². The number of hydrogen-bond donors (Lipinski definition) is 2. The Labute approximate surface area is 162 Å². The van der Waals surface area contributed by atoms with E-state index in [1.54, 1.807) is 0 Å². The summed E-state index contributed by atoms with van der Waals surface area (Å²) in [5.74, 6) is -0.787. The molecule has 3 rings (SSSR count). The van der Waals surface area contributed by atoms with Crippen molar-refractivity contribution in [1.29, 1.82) is 0 Å². The van der Waals surface area contributed by atoms with E-state index in [1.165, 1.54) is 13.0 Å². The number of nitrogens with one attached hydrogen (secondary N) is 2. The first kappa shape index (κ1) is 20.1. The van der Waals surface area contributed by atoms with E-state index >= 15 is 0 Å². The Morgan fingerprint density at radius 1 is 1.21 bits per heavy atom. The molecule has 0 saturated carbocycles. The molecule has 0 aliphatic carbocycles. The van der Waals surface area contributed by atoms with E-state index in [4.69, 9.17) is 16.3 Å². The lowest BCUT2D eigenvalue weighted by molar-refractivity contribution is -0.274. The van der Waals surface area contributed by atoms with Gasteiger partial charge in [-0.3, -0.25) is 9.52 Å². The molecule has 28 heavy (non-hydrogen) atoms. The average Bonchev–Trinajstić information content (AvgIpc) is 2.56. The summed E-state index contributed by atoms with van der Waals surface area (Å²) in [6.45, 7) is 1.49. The SMILES string of the molecule is CC1Oc2cc(S(=O)(=O)Nc3ccc(OC(F)(F)F)cc3)c(Cl)cc2NC1=O. The van der Waals surface area contributed by atoms with Crippen LogP contribution >= 0.6 is 11.6 Å². The van der Waals surface area contributed by atoms with Gasteiger partial charge in [-0.15, -0.1) is 13.2 Å². The molecule has 2 aromatic rings. The van der Waals surface area contributed by atoms with Crippen molar-refractivity contribution >= 4 is 38.9 Å². The van der Waals surface area contributed by atoms with Gasteiger partial charge >= 0.3 is 6.36 Å². The predicted molar refractivity (Wildman–Crippen MR) is 94.1 cm³/mol. The number of alkyl halides is 3. The van der Waals surface area contributed by atoms with Crippen molar-refractivity contribution in [2.24, 2.45) is 0 Å². The van der Waals surface area contributed by atoms with Crippen LogP contribution in [0, 0.1) is 0 Å². The minimum Gasteiger partial charge on any atom is -0.479 e. The molecule has 0 radical (unpaired) electrons. The number of anilines is 2. The Balaban J connectivity index is 1.85. The summed E-state index contributed by atoms with van der Waals surface area (Å²) in [5, 5.41) is 2.36. The van der Waals surface area contributed by atoms with Gasteiger partial charge in [-0.2, -0.15) is 0 Å². The van der Waals surface area contributed by atoms with Gasteiger partial charge in [0.1, 0.15) is 16.4 Å². The molecule has 1 aliphatic rings. The van der Waals surface area contributed by atoms with E-state index in [2.05, 4.69) is 14.8 Å². The van der Waals surface area contributed by atoms with Crippen molar-refractivity contribution in [2.75, 3.05) is 10.0 Å². The summed E-state index contributed by atoms with van der Waals surface area (Å²) in [6, 6.07) is 6.50.